The molecule has 36 heavy (non-hydrogen) atoms. The van der Waals surface area contributed by atoms with E-state index in [-0.39, 0.29) is 28.7 Å². The highest BCUT2D eigenvalue weighted by atomic mass is 16.5. The number of ether oxygens (including phenoxy) is 2. The van der Waals surface area contributed by atoms with Crippen molar-refractivity contribution in [3.63, 3.8) is 0 Å². The molecule has 5 unspecified atom stereocenters. The van der Waals surface area contributed by atoms with E-state index in [0.717, 1.165) is 53.7 Å². The number of phenolic OH excluding ortho intramolecular Hbond substituents is 2. The highest BCUT2D eigenvalue weighted by molar-refractivity contribution is 5.49. The Kier molecular flexibility index (Phi) is 5.86. The van der Waals surface area contributed by atoms with Crippen molar-refractivity contribution in [3.05, 3.63) is 58.7 Å². The van der Waals surface area contributed by atoms with Crippen molar-refractivity contribution >= 4 is 0 Å². The van der Waals surface area contributed by atoms with E-state index in [1.54, 1.807) is 24.3 Å². The van der Waals surface area contributed by atoms with Crippen molar-refractivity contribution < 1.29 is 24.8 Å². The first-order valence-electron chi connectivity index (χ1n) is 13.2. The monoisotopic (exact) mass is 492 g/mol. The van der Waals surface area contributed by atoms with Crippen LogP contribution in [0.2, 0.25) is 0 Å². The van der Waals surface area contributed by atoms with Crippen LogP contribution in [-0.2, 0) is 12.8 Å². The molecule has 2 aromatic carbocycles. The standard InChI is InChI=1S/C31H40O5/c1-18-10-22(32)15-26-24(18)12-20-14-28(34)31(6)21(13-25-19(2)11-23(33)16-27(25)36-31)17-29(3,4)8-7-9-30(20,5)35-26/h7-8,10-11,15-16,20-21,28,32-34H,9,12-14,17H2,1-6H3. The number of aliphatic hydroxyl groups excluding tert-OH is 1. The molecule has 3 N–H and O–H groups in total. The minimum Gasteiger partial charge on any atom is -0.508 e. The predicted octanol–water partition coefficient (Wildman–Crippen LogP) is 6.16. The quantitative estimate of drug-likeness (QED) is 0.384. The van der Waals surface area contributed by atoms with Crippen molar-refractivity contribution in [3.8, 4) is 23.0 Å². The predicted molar refractivity (Wildman–Crippen MR) is 141 cm³/mol. The van der Waals surface area contributed by atoms with Crippen LogP contribution >= 0.6 is 0 Å². The molecule has 5 heteroatoms. The Labute approximate surface area is 214 Å². The van der Waals surface area contributed by atoms with Crippen LogP contribution in [0.4, 0.5) is 0 Å². The lowest BCUT2D eigenvalue weighted by Gasteiger charge is -2.49. The van der Waals surface area contributed by atoms with Crippen molar-refractivity contribution in [2.45, 2.75) is 91.0 Å². The van der Waals surface area contributed by atoms with Gasteiger partial charge in [0.25, 0.3) is 0 Å². The van der Waals surface area contributed by atoms with Gasteiger partial charge >= 0.3 is 0 Å². The van der Waals surface area contributed by atoms with Gasteiger partial charge in [-0.3, -0.25) is 0 Å². The molecule has 5 nitrogen and oxygen atoms in total. The van der Waals surface area contributed by atoms with Crippen LogP contribution in [0.1, 0.15) is 69.2 Å². The normalized spacial score (nSPS) is 33.0. The molecule has 0 amide bonds. The Morgan fingerprint density at radius 3 is 1.97 bits per heavy atom. The van der Waals surface area contributed by atoms with Crippen LogP contribution in [0.3, 0.4) is 0 Å². The molecule has 2 heterocycles. The molecule has 2 aliphatic heterocycles. The van der Waals surface area contributed by atoms with Crippen molar-refractivity contribution in [2.24, 2.45) is 17.3 Å². The molecule has 5 rings (SSSR count). The number of allylic oxidation sites excluding steroid dienone is 1. The van der Waals surface area contributed by atoms with Crippen LogP contribution in [0.25, 0.3) is 0 Å². The molecule has 0 aromatic heterocycles. The van der Waals surface area contributed by atoms with Gasteiger partial charge in [0.1, 0.15) is 34.2 Å². The molecular formula is C31H40O5. The van der Waals surface area contributed by atoms with E-state index >= 15 is 0 Å². The third kappa shape index (κ3) is 4.26. The fraction of sp³-hybridized carbons (Fsp3) is 0.548. The van der Waals surface area contributed by atoms with E-state index in [4.69, 9.17) is 9.47 Å². The molecule has 0 saturated heterocycles. The number of aryl methyl sites for hydroxylation is 2. The number of fused-ring (bicyclic) bond motifs is 4. The molecule has 5 atom stereocenters. The maximum atomic E-state index is 11.9. The second-order valence-corrected chi connectivity index (χ2v) is 12.5. The van der Waals surface area contributed by atoms with Crippen LogP contribution in [0.5, 0.6) is 23.0 Å². The van der Waals surface area contributed by atoms with Crippen LogP contribution in [0, 0.1) is 31.1 Å². The third-order valence-electron chi connectivity index (χ3n) is 9.12. The van der Waals surface area contributed by atoms with Gasteiger partial charge in [-0.1, -0.05) is 26.0 Å². The number of hydrogen-bond acceptors (Lipinski definition) is 5. The van der Waals surface area contributed by atoms with Gasteiger partial charge < -0.3 is 24.8 Å². The summed E-state index contributed by atoms with van der Waals surface area (Å²) in [6, 6.07) is 6.97. The lowest BCUT2D eigenvalue weighted by Crippen LogP contribution is -2.57. The zero-order valence-corrected chi connectivity index (χ0v) is 22.4. The average Bonchev–Trinajstić information content (AvgIpc) is 2.75. The SMILES string of the molecule is Cc1cc(O)cc2c1CC1CC(O)C3(C)Oc4cc(O)cc(C)c4CC3CC(C)(C)C=CCC1(C)O2. The molecular weight excluding hydrogens is 452 g/mol. The number of phenols is 2. The number of aromatic hydroxyl groups is 2. The lowest BCUT2D eigenvalue weighted by molar-refractivity contribution is -0.117. The Morgan fingerprint density at radius 2 is 1.36 bits per heavy atom. The lowest BCUT2D eigenvalue weighted by atomic mass is 9.67. The smallest absolute Gasteiger partial charge is 0.135 e. The minimum absolute atomic E-state index is 0.0579. The first-order valence-corrected chi connectivity index (χ1v) is 13.2. The minimum atomic E-state index is -0.812. The summed E-state index contributed by atoms with van der Waals surface area (Å²) in [5, 5.41) is 32.4. The van der Waals surface area contributed by atoms with Gasteiger partial charge in [-0.2, -0.15) is 0 Å². The highest BCUT2D eigenvalue weighted by Crippen LogP contribution is 2.50. The number of aliphatic hydroxyl groups is 1. The summed E-state index contributed by atoms with van der Waals surface area (Å²) in [6.45, 7) is 12.7. The third-order valence-corrected chi connectivity index (χ3v) is 9.12. The fourth-order valence-electron chi connectivity index (χ4n) is 6.78. The number of hydrogen-bond donors (Lipinski definition) is 3. The van der Waals surface area contributed by atoms with E-state index in [0.29, 0.717) is 12.2 Å². The highest BCUT2D eigenvalue weighted by Gasteiger charge is 2.51. The number of benzene rings is 2. The maximum Gasteiger partial charge on any atom is 0.135 e. The second-order valence-electron chi connectivity index (χ2n) is 12.5. The van der Waals surface area contributed by atoms with E-state index in [1.807, 2.05) is 20.8 Å². The fourth-order valence-corrected chi connectivity index (χ4v) is 6.78. The van der Waals surface area contributed by atoms with Gasteiger partial charge in [0.05, 0.1) is 6.10 Å². The number of rotatable bonds is 0. The summed E-state index contributed by atoms with van der Waals surface area (Å²) in [7, 11) is 0. The zero-order chi connectivity index (χ0) is 26.0. The summed E-state index contributed by atoms with van der Waals surface area (Å²) in [5.41, 5.74) is 2.80. The van der Waals surface area contributed by atoms with Gasteiger partial charge in [0.2, 0.25) is 0 Å². The van der Waals surface area contributed by atoms with Gasteiger partial charge in [0, 0.05) is 30.4 Å². The van der Waals surface area contributed by atoms with Crippen molar-refractivity contribution in [2.75, 3.05) is 0 Å². The average molecular weight is 493 g/mol. The van der Waals surface area contributed by atoms with Crippen LogP contribution in [-0.4, -0.2) is 32.6 Å². The maximum absolute atomic E-state index is 11.9. The van der Waals surface area contributed by atoms with Crippen LogP contribution in [0.15, 0.2) is 36.4 Å². The Morgan fingerprint density at radius 1 is 0.806 bits per heavy atom. The largest absolute Gasteiger partial charge is 0.508 e. The van der Waals surface area contributed by atoms with E-state index in [9.17, 15) is 15.3 Å². The summed E-state index contributed by atoms with van der Waals surface area (Å²) < 4.78 is 13.3. The summed E-state index contributed by atoms with van der Waals surface area (Å²) in [4.78, 5) is 0. The van der Waals surface area contributed by atoms with Gasteiger partial charge in [-0.05, 0) is 93.2 Å². The molecule has 0 radical (unpaired) electrons. The molecule has 0 bridgehead atoms. The first kappa shape index (κ1) is 25.0. The Hall–Kier alpha value is -2.66. The summed E-state index contributed by atoms with van der Waals surface area (Å²) in [5.74, 6) is 1.97. The van der Waals surface area contributed by atoms with Crippen LogP contribution < -0.4 is 9.47 Å². The molecule has 1 aliphatic carbocycles. The van der Waals surface area contributed by atoms with Crippen molar-refractivity contribution in [1.82, 2.24) is 0 Å². The van der Waals surface area contributed by atoms with Gasteiger partial charge in [-0.15, -0.1) is 0 Å². The van der Waals surface area contributed by atoms with Crippen molar-refractivity contribution in [1.29, 1.82) is 0 Å². The Bertz CT molecular complexity index is 1210. The molecule has 0 fully saturated rings. The zero-order valence-electron chi connectivity index (χ0n) is 22.4. The molecule has 2 aromatic rings. The molecule has 194 valence electrons. The van der Waals surface area contributed by atoms with Gasteiger partial charge in [0.15, 0.2) is 0 Å². The summed E-state index contributed by atoms with van der Waals surface area (Å²) >= 11 is 0. The van der Waals surface area contributed by atoms with E-state index < -0.39 is 17.3 Å². The van der Waals surface area contributed by atoms with E-state index in [1.165, 1.54) is 0 Å². The first-order chi connectivity index (χ1) is 16.8. The molecule has 0 spiro atoms. The van der Waals surface area contributed by atoms with Gasteiger partial charge in [-0.25, -0.2) is 0 Å². The van der Waals surface area contributed by atoms with E-state index in [2.05, 4.69) is 32.9 Å². The molecule has 3 aliphatic rings. The molecule has 0 saturated carbocycles. The summed E-state index contributed by atoms with van der Waals surface area (Å²) in [6.07, 6.45) is 7.49. The Balaban J connectivity index is 1.58. The second kappa shape index (κ2) is 8.44. The topological polar surface area (TPSA) is 79.2 Å².